The van der Waals surface area contributed by atoms with Crippen LogP contribution in [0.2, 0.25) is 18.2 Å². The molecule has 0 saturated heterocycles. The monoisotopic (exact) mass is 378 g/mol. The number of hydrogen-bond acceptors (Lipinski definition) is 0. The van der Waals surface area contributed by atoms with Crippen LogP contribution in [-0.2, 0) is 0 Å². The zero-order valence-corrected chi connectivity index (χ0v) is 14.7. The van der Waals surface area contributed by atoms with Gasteiger partial charge in [0, 0.05) is 0 Å². The molecule has 0 aromatic heterocycles. The molecule has 0 heterocycles. The molecule has 4 rings (SSSR count). The topological polar surface area (TPSA) is 0 Å². The fourth-order valence-electron chi connectivity index (χ4n) is 5.03. The van der Waals surface area contributed by atoms with Gasteiger partial charge in [-0.25, -0.2) is 0 Å². The average Bonchev–Trinajstić information content (AvgIpc) is 1.95. The third-order valence-electron chi connectivity index (χ3n) is 5.58. The first kappa shape index (κ1) is 11.4. The quantitative estimate of drug-likeness (QED) is 0.454. The summed E-state index contributed by atoms with van der Waals surface area (Å²) in [6, 6.07) is 0. The first-order valence-electron chi connectivity index (χ1n) is 6.51. The molecule has 0 aliphatic heterocycles. The van der Waals surface area contributed by atoms with Crippen molar-refractivity contribution >= 4 is 34.3 Å². The second kappa shape index (κ2) is 3.18. The van der Waals surface area contributed by atoms with Crippen LogP contribution in [0.1, 0.15) is 38.5 Å². The molecule has 2 unspecified atom stereocenters. The summed E-state index contributed by atoms with van der Waals surface area (Å²) in [5.41, 5.74) is 0. The molecule has 0 amide bonds. The van der Waals surface area contributed by atoms with E-state index in [-0.39, 0.29) is 0 Å². The Morgan fingerprint density at radius 3 is 1.93 bits per heavy atom. The van der Waals surface area contributed by atoms with Crippen LogP contribution >= 0.6 is 15.9 Å². The predicted octanol–water partition coefficient (Wildman–Crippen LogP) is 4.81. The summed E-state index contributed by atoms with van der Waals surface area (Å²) in [6.07, 6.45) is 9.30. The maximum atomic E-state index is 4.12. The third kappa shape index (κ3) is 1.66. The molecular formula is C13H23BrSn. The first-order valence-corrected chi connectivity index (χ1v) is 17.3. The summed E-state index contributed by atoms with van der Waals surface area (Å²) >= 11 is 2.37. The number of rotatable bonds is 1. The van der Waals surface area contributed by atoms with Crippen molar-refractivity contribution in [1.29, 1.82) is 0 Å². The van der Waals surface area contributed by atoms with Crippen LogP contribution in [0.15, 0.2) is 0 Å². The van der Waals surface area contributed by atoms with Crippen molar-refractivity contribution < 1.29 is 0 Å². The van der Waals surface area contributed by atoms with Gasteiger partial charge in [-0.05, 0) is 0 Å². The van der Waals surface area contributed by atoms with Crippen LogP contribution < -0.4 is 0 Å². The van der Waals surface area contributed by atoms with E-state index >= 15 is 0 Å². The Hall–Kier alpha value is 1.28. The molecule has 0 N–H and O–H groups in total. The molecule has 4 bridgehead atoms. The Morgan fingerprint density at radius 2 is 1.53 bits per heavy atom. The molecule has 0 aromatic rings. The fraction of sp³-hybridized carbons (Fsp3) is 1.00. The maximum absolute atomic E-state index is 4.12. The van der Waals surface area contributed by atoms with Crippen molar-refractivity contribution in [2.45, 2.75) is 61.1 Å². The van der Waals surface area contributed by atoms with Gasteiger partial charge >= 0.3 is 107 Å². The Morgan fingerprint density at radius 1 is 1.00 bits per heavy atom. The van der Waals surface area contributed by atoms with Crippen LogP contribution in [0.5, 0.6) is 0 Å². The second-order valence-corrected chi connectivity index (χ2v) is 25.2. The Balaban J connectivity index is 2.00. The van der Waals surface area contributed by atoms with Gasteiger partial charge in [0.15, 0.2) is 0 Å². The average molecular weight is 378 g/mol. The van der Waals surface area contributed by atoms with E-state index in [1.807, 2.05) is 0 Å². The normalized spacial score (nSPS) is 53.6. The van der Waals surface area contributed by atoms with Crippen molar-refractivity contribution in [2.75, 3.05) is 0 Å². The van der Waals surface area contributed by atoms with Crippen molar-refractivity contribution in [3.63, 3.8) is 0 Å². The van der Waals surface area contributed by atoms with E-state index in [4.69, 9.17) is 0 Å². The van der Waals surface area contributed by atoms with Gasteiger partial charge in [-0.3, -0.25) is 0 Å². The molecule has 0 radical (unpaired) electrons. The second-order valence-electron chi connectivity index (χ2n) is 7.64. The summed E-state index contributed by atoms with van der Waals surface area (Å²) in [6.45, 7) is 0. The van der Waals surface area contributed by atoms with Crippen LogP contribution in [0.4, 0.5) is 0 Å². The molecule has 86 valence electrons. The van der Waals surface area contributed by atoms with Gasteiger partial charge in [0.1, 0.15) is 0 Å². The summed E-state index contributed by atoms with van der Waals surface area (Å²) in [4.78, 5) is 8.04. The molecule has 0 aromatic carbocycles. The summed E-state index contributed by atoms with van der Waals surface area (Å²) in [7, 11) is 0. The van der Waals surface area contributed by atoms with Crippen LogP contribution in [0.3, 0.4) is 0 Å². The van der Waals surface area contributed by atoms with Gasteiger partial charge in [-0.15, -0.1) is 0 Å². The summed E-state index contributed by atoms with van der Waals surface area (Å²) in [5.74, 6) is 2.17. The first-order chi connectivity index (χ1) is 6.82. The number of hydrogen-bond donors (Lipinski definition) is 0. The molecule has 4 atom stereocenters. The van der Waals surface area contributed by atoms with E-state index in [0.717, 1.165) is 15.3 Å². The fourth-order valence-corrected chi connectivity index (χ4v) is 14.8. The molecular weight excluding hydrogens is 355 g/mol. The molecule has 4 aliphatic carbocycles. The van der Waals surface area contributed by atoms with Gasteiger partial charge in [0.05, 0.1) is 0 Å². The van der Waals surface area contributed by atoms with Gasteiger partial charge in [0.25, 0.3) is 0 Å². The summed E-state index contributed by atoms with van der Waals surface area (Å²) < 4.78 is 1.45. The zero-order chi connectivity index (χ0) is 10.9. The van der Waals surface area contributed by atoms with E-state index in [1.165, 1.54) is 19.3 Å². The molecule has 0 nitrogen and oxygen atoms in total. The van der Waals surface area contributed by atoms with E-state index < -0.39 is 18.4 Å². The predicted molar refractivity (Wildman–Crippen MR) is 72.4 cm³/mol. The van der Waals surface area contributed by atoms with Gasteiger partial charge in [0.2, 0.25) is 0 Å². The van der Waals surface area contributed by atoms with E-state index in [9.17, 15) is 0 Å². The van der Waals surface area contributed by atoms with Gasteiger partial charge in [-0.2, -0.15) is 0 Å². The van der Waals surface area contributed by atoms with Gasteiger partial charge < -0.3 is 0 Å². The van der Waals surface area contributed by atoms with Crippen molar-refractivity contribution in [3.05, 3.63) is 0 Å². The SMILES string of the molecule is [CH3][Sn]([CH3])([CH3])[C]12C[C@@H]3C[C@@H](CC(Br)(C3)C1)C2. The molecule has 4 fully saturated rings. The standard InChI is InChI=1S/C10H14Br.3CH3.Sn/c11-10-4-7-1-8(5-10)3-9(2-7)6-10;;;;/h7-8H,1-6H2;3*1H3;/t7-,8+,10?;;;;. The molecule has 2 heteroatoms. The van der Waals surface area contributed by atoms with E-state index in [1.54, 1.807) is 19.3 Å². The molecule has 0 spiro atoms. The zero-order valence-electron chi connectivity index (χ0n) is 10.3. The van der Waals surface area contributed by atoms with Gasteiger partial charge in [-0.1, -0.05) is 0 Å². The molecule has 4 saturated carbocycles. The van der Waals surface area contributed by atoms with Crippen molar-refractivity contribution in [3.8, 4) is 0 Å². The Bertz CT molecular complexity index is 277. The van der Waals surface area contributed by atoms with E-state index in [0.29, 0.717) is 4.32 Å². The minimum atomic E-state index is -1.75. The third-order valence-corrected chi connectivity index (χ3v) is 17.3. The van der Waals surface area contributed by atoms with Crippen molar-refractivity contribution in [2.24, 2.45) is 11.8 Å². The van der Waals surface area contributed by atoms with Crippen LogP contribution in [0.25, 0.3) is 0 Å². The summed E-state index contributed by atoms with van der Waals surface area (Å²) in [5, 5.41) is 0. The van der Waals surface area contributed by atoms with Crippen molar-refractivity contribution in [1.82, 2.24) is 0 Å². The van der Waals surface area contributed by atoms with Crippen LogP contribution in [0, 0.1) is 11.8 Å². The minimum absolute atomic E-state index is 0.585. The Labute approximate surface area is 107 Å². The van der Waals surface area contributed by atoms with Crippen LogP contribution in [-0.4, -0.2) is 22.7 Å². The molecule has 4 aliphatic rings. The Kier molecular flexibility index (Phi) is 2.41. The number of halogens is 1. The van der Waals surface area contributed by atoms with E-state index in [2.05, 4.69) is 30.7 Å². The number of alkyl halides is 1. The molecule has 15 heavy (non-hydrogen) atoms.